The molecule has 2 rings (SSSR count). The van der Waals surface area contributed by atoms with Crippen LogP contribution in [-0.4, -0.2) is 34.8 Å². The van der Waals surface area contributed by atoms with Crippen LogP contribution in [-0.2, 0) is 6.54 Å². The molecule has 1 saturated heterocycles. The first-order valence-corrected chi connectivity index (χ1v) is 6.69. The molecule has 0 aliphatic carbocycles. The van der Waals surface area contributed by atoms with E-state index in [1.165, 1.54) is 0 Å². The Bertz CT molecular complexity index is 438. The molecule has 0 aromatic carbocycles. The first kappa shape index (κ1) is 16.0. The maximum Gasteiger partial charge on any atom is 0.255 e. The lowest BCUT2D eigenvalue weighted by molar-refractivity contribution is 0.0938. The normalized spacial score (nSPS) is 18.2. The summed E-state index contributed by atoms with van der Waals surface area (Å²) in [5, 5.41) is 10.8. The maximum atomic E-state index is 12.3. The highest BCUT2D eigenvalue weighted by molar-refractivity contribution is 5.96. The van der Waals surface area contributed by atoms with Gasteiger partial charge >= 0.3 is 0 Å². The summed E-state index contributed by atoms with van der Waals surface area (Å²) >= 11 is 0. The van der Waals surface area contributed by atoms with E-state index in [0.717, 1.165) is 49.4 Å². The molecule has 0 spiro atoms. The fourth-order valence-corrected chi connectivity index (χ4v) is 2.49. The lowest BCUT2D eigenvalue weighted by Crippen LogP contribution is -2.36. The summed E-state index contributed by atoms with van der Waals surface area (Å²) in [6.07, 6.45) is 2.03. The Morgan fingerprint density at radius 2 is 2.26 bits per heavy atom. The van der Waals surface area contributed by atoms with Crippen LogP contribution in [0.25, 0.3) is 0 Å². The fourth-order valence-electron chi connectivity index (χ4n) is 2.49. The van der Waals surface area contributed by atoms with Gasteiger partial charge < -0.3 is 10.6 Å². The molecule has 2 heterocycles. The monoisotopic (exact) mass is 286 g/mol. The van der Waals surface area contributed by atoms with Gasteiger partial charge in [0.05, 0.1) is 11.3 Å². The molecule has 1 aromatic heterocycles. The van der Waals surface area contributed by atoms with Gasteiger partial charge in [-0.2, -0.15) is 5.10 Å². The highest BCUT2D eigenvalue weighted by Crippen LogP contribution is 2.14. The molecule has 1 aliphatic heterocycles. The van der Waals surface area contributed by atoms with Crippen molar-refractivity contribution in [2.24, 2.45) is 0 Å². The summed E-state index contributed by atoms with van der Waals surface area (Å²) in [6.45, 7) is 8.70. The second kappa shape index (κ2) is 6.91. The molecule has 108 valence electrons. The number of amides is 1. The molecule has 2 N–H and O–H groups in total. The molecule has 1 atom stereocenters. The molecule has 5 nitrogen and oxygen atoms in total. The second-order valence-corrected chi connectivity index (χ2v) is 4.93. The molecule has 1 fully saturated rings. The predicted octanol–water partition coefficient (Wildman–Crippen LogP) is 1.42. The van der Waals surface area contributed by atoms with Crippen LogP contribution in [0.3, 0.4) is 0 Å². The van der Waals surface area contributed by atoms with Crippen LogP contribution in [0.4, 0.5) is 0 Å². The maximum absolute atomic E-state index is 12.3. The number of rotatable bonds is 4. The van der Waals surface area contributed by atoms with Crippen molar-refractivity contribution in [3.63, 3.8) is 0 Å². The molecule has 0 bridgehead atoms. The van der Waals surface area contributed by atoms with Gasteiger partial charge in [0.1, 0.15) is 0 Å². The Labute approximate surface area is 120 Å². The van der Waals surface area contributed by atoms with E-state index in [-0.39, 0.29) is 24.4 Å². The third-order valence-corrected chi connectivity index (χ3v) is 3.44. The number of aromatic nitrogens is 2. The summed E-state index contributed by atoms with van der Waals surface area (Å²) in [4.78, 5) is 12.3. The van der Waals surface area contributed by atoms with Crippen molar-refractivity contribution < 1.29 is 4.79 Å². The van der Waals surface area contributed by atoms with Gasteiger partial charge in [0.15, 0.2) is 0 Å². The zero-order valence-corrected chi connectivity index (χ0v) is 12.6. The Hall–Kier alpha value is -1.07. The average molecular weight is 287 g/mol. The lowest BCUT2D eigenvalue weighted by Gasteiger charge is -2.11. The molecule has 1 unspecified atom stereocenters. The van der Waals surface area contributed by atoms with Gasteiger partial charge in [-0.25, -0.2) is 0 Å². The molecule has 0 radical (unpaired) electrons. The predicted molar refractivity (Wildman–Crippen MR) is 78.0 cm³/mol. The van der Waals surface area contributed by atoms with Crippen LogP contribution in [0.2, 0.25) is 0 Å². The van der Waals surface area contributed by atoms with Crippen LogP contribution < -0.4 is 10.6 Å². The molecule has 1 aliphatic rings. The minimum atomic E-state index is 0. The molecular weight excluding hydrogens is 264 g/mol. The molecular formula is C13H23ClN4O. The fraction of sp³-hybridized carbons (Fsp3) is 0.692. The topological polar surface area (TPSA) is 59.0 Å². The number of aryl methyl sites for hydroxylation is 2. The van der Waals surface area contributed by atoms with Crippen LogP contribution in [0.15, 0.2) is 0 Å². The van der Waals surface area contributed by atoms with Crippen molar-refractivity contribution >= 4 is 18.3 Å². The largest absolute Gasteiger partial charge is 0.348 e. The van der Waals surface area contributed by atoms with Crippen molar-refractivity contribution in [1.29, 1.82) is 0 Å². The molecule has 6 heteroatoms. The number of carbonyl (C=O) groups excluding carboxylic acids is 1. The zero-order chi connectivity index (χ0) is 13.1. The summed E-state index contributed by atoms with van der Waals surface area (Å²) < 4.78 is 1.93. The van der Waals surface area contributed by atoms with E-state index in [1.807, 2.05) is 18.5 Å². The summed E-state index contributed by atoms with van der Waals surface area (Å²) in [5.41, 5.74) is 2.54. The van der Waals surface area contributed by atoms with Crippen LogP contribution >= 0.6 is 12.4 Å². The highest BCUT2D eigenvalue weighted by atomic mass is 35.5. The van der Waals surface area contributed by atoms with E-state index in [0.29, 0.717) is 0 Å². The minimum absolute atomic E-state index is 0. The van der Waals surface area contributed by atoms with Gasteiger partial charge in [0.2, 0.25) is 0 Å². The number of hydrogen-bond donors (Lipinski definition) is 2. The van der Waals surface area contributed by atoms with E-state index in [9.17, 15) is 4.79 Å². The lowest BCUT2D eigenvalue weighted by atomic mass is 10.1. The van der Waals surface area contributed by atoms with Crippen molar-refractivity contribution in [3.05, 3.63) is 17.0 Å². The van der Waals surface area contributed by atoms with E-state index in [4.69, 9.17) is 0 Å². The summed E-state index contributed by atoms with van der Waals surface area (Å²) in [5.74, 6) is 0.0149. The number of halogens is 1. The van der Waals surface area contributed by atoms with Crippen molar-refractivity contribution in [2.75, 3.05) is 13.1 Å². The molecule has 1 amide bonds. The van der Waals surface area contributed by atoms with E-state index >= 15 is 0 Å². The van der Waals surface area contributed by atoms with Crippen LogP contribution in [0.5, 0.6) is 0 Å². The van der Waals surface area contributed by atoms with Gasteiger partial charge in [0.25, 0.3) is 5.91 Å². The van der Waals surface area contributed by atoms with Gasteiger partial charge in [0, 0.05) is 24.8 Å². The zero-order valence-electron chi connectivity index (χ0n) is 11.8. The number of hydrogen-bond acceptors (Lipinski definition) is 3. The van der Waals surface area contributed by atoms with Crippen LogP contribution in [0.1, 0.15) is 41.5 Å². The van der Waals surface area contributed by atoms with Gasteiger partial charge in [-0.1, -0.05) is 6.92 Å². The molecule has 19 heavy (non-hydrogen) atoms. The first-order chi connectivity index (χ1) is 8.63. The number of nitrogens with zero attached hydrogens (tertiary/aromatic N) is 2. The Balaban J connectivity index is 0.00000180. The Morgan fingerprint density at radius 1 is 1.53 bits per heavy atom. The summed E-state index contributed by atoms with van der Waals surface area (Å²) in [6, 6.07) is 0.255. The van der Waals surface area contributed by atoms with Crippen molar-refractivity contribution in [1.82, 2.24) is 20.4 Å². The standard InChI is InChI=1S/C13H22N4O.ClH/c1-4-7-17-10(3)12(9(2)16-17)13(18)15-11-5-6-14-8-11;/h11,14H,4-8H2,1-3H3,(H,15,18);1H. The highest BCUT2D eigenvalue weighted by Gasteiger charge is 2.22. The van der Waals surface area contributed by atoms with Gasteiger partial charge in [-0.3, -0.25) is 9.48 Å². The van der Waals surface area contributed by atoms with Gasteiger partial charge in [-0.15, -0.1) is 12.4 Å². The molecule has 0 saturated carbocycles. The Morgan fingerprint density at radius 3 is 2.84 bits per heavy atom. The summed E-state index contributed by atoms with van der Waals surface area (Å²) in [7, 11) is 0. The second-order valence-electron chi connectivity index (χ2n) is 4.93. The number of nitrogens with one attached hydrogen (secondary N) is 2. The smallest absolute Gasteiger partial charge is 0.255 e. The third-order valence-electron chi connectivity index (χ3n) is 3.44. The minimum Gasteiger partial charge on any atom is -0.348 e. The van der Waals surface area contributed by atoms with Crippen molar-refractivity contribution in [3.8, 4) is 0 Å². The van der Waals surface area contributed by atoms with Crippen molar-refractivity contribution in [2.45, 2.75) is 46.2 Å². The number of carbonyl (C=O) groups is 1. The third kappa shape index (κ3) is 3.48. The SMILES string of the molecule is CCCn1nc(C)c(C(=O)NC2CCNC2)c1C.Cl. The quantitative estimate of drug-likeness (QED) is 0.880. The van der Waals surface area contributed by atoms with Gasteiger partial charge in [-0.05, 0) is 33.2 Å². The Kier molecular flexibility index (Phi) is 5.82. The van der Waals surface area contributed by atoms with E-state index < -0.39 is 0 Å². The van der Waals surface area contributed by atoms with E-state index in [2.05, 4.69) is 22.7 Å². The van der Waals surface area contributed by atoms with Crippen LogP contribution in [0, 0.1) is 13.8 Å². The van der Waals surface area contributed by atoms with E-state index in [1.54, 1.807) is 0 Å². The molecule has 1 aromatic rings. The average Bonchev–Trinajstić information content (AvgIpc) is 2.89. The first-order valence-electron chi connectivity index (χ1n) is 6.69.